The summed E-state index contributed by atoms with van der Waals surface area (Å²) in [6.07, 6.45) is 2.22. The van der Waals surface area contributed by atoms with Crippen LogP contribution in [-0.4, -0.2) is 85.4 Å². The molecule has 36 heavy (non-hydrogen) atoms. The minimum Gasteiger partial charge on any atom is -0.444 e. The maximum Gasteiger partial charge on any atom is 0.410 e. The SMILES string of the molecule is CNC(=O)C(CCC=O)N1C(=O)c2cccc(CCCOCCCN(C)C(=O)OC(C)(C)C)c2C1=O. The van der Waals surface area contributed by atoms with E-state index in [2.05, 4.69) is 5.32 Å². The first-order valence-corrected chi connectivity index (χ1v) is 12.2. The largest absolute Gasteiger partial charge is 0.444 e. The second kappa shape index (κ2) is 13.2. The number of hydrogen-bond acceptors (Lipinski definition) is 7. The molecule has 10 nitrogen and oxygen atoms in total. The van der Waals surface area contributed by atoms with E-state index in [0.717, 1.165) is 4.90 Å². The fourth-order valence-corrected chi connectivity index (χ4v) is 3.94. The van der Waals surface area contributed by atoms with Crippen molar-refractivity contribution < 1.29 is 33.4 Å². The van der Waals surface area contributed by atoms with Crippen molar-refractivity contribution in [3.63, 3.8) is 0 Å². The van der Waals surface area contributed by atoms with E-state index in [-0.39, 0.29) is 24.5 Å². The molecule has 0 spiro atoms. The number of carbonyl (C=O) groups is 5. The van der Waals surface area contributed by atoms with E-state index in [4.69, 9.17) is 9.47 Å². The minimum atomic E-state index is -1.04. The van der Waals surface area contributed by atoms with Gasteiger partial charge in [-0.15, -0.1) is 0 Å². The van der Waals surface area contributed by atoms with Gasteiger partial charge in [0.2, 0.25) is 5.91 Å². The first-order chi connectivity index (χ1) is 17.0. The molecule has 0 radical (unpaired) electrons. The molecule has 1 N–H and O–H groups in total. The summed E-state index contributed by atoms with van der Waals surface area (Å²) in [4.78, 5) is 63.8. The molecule has 1 aliphatic heterocycles. The summed E-state index contributed by atoms with van der Waals surface area (Å²) in [6, 6.07) is 4.06. The van der Waals surface area contributed by atoms with Crippen LogP contribution in [0.4, 0.5) is 4.79 Å². The molecule has 1 atom stereocenters. The average molecular weight is 504 g/mol. The summed E-state index contributed by atoms with van der Waals surface area (Å²) in [6.45, 7) is 6.88. The maximum atomic E-state index is 13.2. The summed E-state index contributed by atoms with van der Waals surface area (Å²) < 4.78 is 11.0. The number of amides is 4. The van der Waals surface area contributed by atoms with Crippen molar-refractivity contribution in [3.8, 4) is 0 Å². The number of rotatable bonds is 13. The molecule has 4 amide bonds. The Bertz CT molecular complexity index is 971. The lowest BCUT2D eigenvalue weighted by molar-refractivity contribution is -0.124. The summed E-state index contributed by atoms with van der Waals surface area (Å²) in [5.74, 6) is -1.53. The minimum absolute atomic E-state index is 0.0588. The molecule has 1 aromatic carbocycles. The van der Waals surface area contributed by atoms with Crippen molar-refractivity contribution in [3.05, 3.63) is 34.9 Å². The standard InChI is InChI=1S/C26H37N3O7/c1-26(2,3)36-25(34)28(5)14-9-17-35-16-8-11-18-10-6-12-19-21(18)24(33)29(23(19)32)20(13-7-15-30)22(31)27-4/h6,10,12,15,20H,7-9,11,13-14,16-17H2,1-5H3,(H,27,31). The number of ether oxygens (including phenoxy) is 2. The quantitative estimate of drug-likeness (QED) is 0.249. The van der Waals surface area contributed by atoms with Gasteiger partial charge in [-0.1, -0.05) is 12.1 Å². The van der Waals surface area contributed by atoms with Gasteiger partial charge in [-0.3, -0.25) is 19.3 Å². The highest BCUT2D eigenvalue weighted by Gasteiger charge is 2.43. The zero-order valence-electron chi connectivity index (χ0n) is 21.8. The molecule has 1 heterocycles. The average Bonchev–Trinajstić information content (AvgIpc) is 3.08. The van der Waals surface area contributed by atoms with E-state index in [0.29, 0.717) is 56.4 Å². The monoisotopic (exact) mass is 503 g/mol. The number of carbonyl (C=O) groups excluding carboxylic acids is 5. The normalized spacial score (nSPS) is 13.9. The Kier molecular flexibility index (Phi) is 10.6. The molecule has 198 valence electrons. The summed E-state index contributed by atoms with van der Waals surface area (Å²) >= 11 is 0. The third-order valence-corrected chi connectivity index (χ3v) is 5.67. The Hall–Kier alpha value is -3.27. The molecule has 0 saturated carbocycles. The molecule has 10 heteroatoms. The Morgan fingerprint density at radius 3 is 2.47 bits per heavy atom. The van der Waals surface area contributed by atoms with Crippen molar-refractivity contribution in [2.45, 2.75) is 64.5 Å². The Balaban J connectivity index is 1.89. The predicted molar refractivity (Wildman–Crippen MR) is 133 cm³/mol. The number of benzene rings is 1. The van der Waals surface area contributed by atoms with Gasteiger partial charge in [-0.05, 0) is 58.1 Å². The van der Waals surface area contributed by atoms with Crippen molar-refractivity contribution in [2.24, 2.45) is 0 Å². The van der Waals surface area contributed by atoms with Gasteiger partial charge in [0, 0.05) is 40.3 Å². The smallest absolute Gasteiger partial charge is 0.410 e. The van der Waals surface area contributed by atoms with Crippen LogP contribution in [0.1, 0.15) is 72.7 Å². The Morgan fingerprint density at radius 1 is 1.14 bits per heavy atom. The van der Waals surface area contributed by atoms with Gasteiger partial charge in [0.15, 0.2) is 0 Å². The number of fused-ring (bicyclic) bond motifs is 1. The van der Waals surface area contributed by atoms with E-state index in [9.17, 15) is 24.0 Å². The molecule has 2 rings (SSSR count). The highest BCUT2D eigenvalue weighted by molar-refractivity contribution is 6.23. The molecule has 0 bridgehead atoms. The number of aldehydes is 1. The van der Waals surface area contributed by atoms with Crippen molar-refractivity contribution in [1.29, 1.82) is 0 Å². The zero-order valence-corrected chi connectivity index (χ0v) is 21.8. The summed E-state index contributed by atoms with van der Waals surface area (Å²) in [5, 5.41) is 2.47. The van der Waals surface area contributed by atoms with Crippen LogP contribution in [-0.2, 0) is 25.5 Å². The molecule has 0 aliphatic carbocycles. The van der Waals surface area contributed by atoms with Gasteiger partial charge in [0.25, 0.3) is 11.8 Å². The van der Waals surface area contributed by atoms with E-state index in [1.807, 2.05) is 20.8 Å². The van der Waals surface area contributed by atoms with Crippen LogP contribution in [0, 0.1) is 0 Å². The molecule has 1 aromatic rings. The molecular weight excluding hydrogens is 466 g/mol. The van der Waals surface area contributed by atoms with Crippen LogP contribution in [0.25, 0.3) is 0 Å². The fraction of sp³-hybridized carbons (Fsp3) is 0.577. The lowest BCUT2D eigenvalue weighted by Gasteiger charge is -2.24. The van der Waals surface area contributed by atoms with E-state index >= 15 is 0 Å². The summed E-state index contributed by atoms with van der Waals surface area (Å²) in [7, 11) is 3.11. The van der Waals surface area contributed by atoms with Crippen LogP contribution in [0.15, 0.2) is 18.2 Å². The van der Waals surface area contributed by atoms with Gasteiger partial charge in [0.05, 0.1) is 11.1 Å². The molecular formula is C26H37N3O7. The lowest BCUT2D eigenvalue weighted by atomic mass is 9.99. The van der Waals surface area contributed by atoms with Gasteiger partial charge in [-0.2, -0.15) is 0 Å². The highest BCUT2D eigenvalue weighted by Crippen LogP contribution is 2.29. The fourth-order valence-electron chi connectivity index (χ4n) is 3.94. The van der Waals surface area contributed by atoms with Gasteiger partial charge in [-0.25, -0.2) is 4.79 Å². The van der Waals surface area contributed by atoms with Crippen LogP contribution in [0.2, 0.25) is 0 Å². The number of nitrogens with zero attached hydrogens (tertiary/aromatic N) is 2. The number of hydrogen-bond donors (Lipinski definition) is 1. The van der Waals surface area contributed by atoms with Crippen molar-refractivity contribution in [1.82, 2.24) is 15.1 Å². The molecule has 0 saturated heterocycles. The topological polar surface area (TPSA) is 122 Å². The van der Waals surface area contributed by atoms with Crippen LogP contribution in [0.5, 0.6) is 0 Å². The van der Waals surface area contributed by atoms with E-state index in [1.165, 1.54) is 11.9 Å². The Morgan fingerprint density at radius 2 is 1.83 bits per heavy atom. The molecule has 0 fully saturated rings. The second-order valence-electron chi connectivity index (χ2n) is 9.67. The predicted octanol–water partition coefficient (Wildman–Crippen LogP) is 2.58. The Labute approximate surface area is 212 Å². The van der Waals surface area contributed by atoms with Crippen LogP contribution in [0.3, 0.4) is 0 Å². The number of aryl methyl sites for hydroxylation is 1. The summed E-state index contributed by atoms with van der Waals surface area (Å²) in [5.41, 5.74) is 0.749. The van der Waals surface area contributed by atoms with Gasteiger partial charge < -0.3 is 24.5 Å². The highest BCUT2D eigenvalue weighted by atomic mass is 16.6. The zero-order chi connectivity index (χ0) is 26.9. The van der Waals surface area contributed by atoms with E-state index in [1.54, 1.807) is 25.2 Å². The van der Waals surface area contributed by atoms with Crippen LogP contribution < -0.4 is 5.32 Å². The van der Waals surface area contributed by atoms with Crippen LogP contribution >= 0.6 is 0 Å². The van der Waals surface area contributed by atoms with Crippen molar-refractivity contribution in [2.75, 3.05) is 33.9 Å². The number of nitrogens with one attached hydrogen (secondary N) is 1. The van der Waals surface area contributed by atoms with Crippen molar-refractivity contribution >= 4 is 30.1 Å². The molecule has 0 aromatic heterocycles. The number of imide groups is 1. The van der Waals surface area contributed by atoms with E-state index < -0.39 is 29.4 Å². The first-order valence-electron chi connectivity index (χ1n) is 12.2. The first kappa shape index (κ1) is 29.0. The lowest BCUT2D eigenvalue weighted by Crippen LogP contribution is -2.48. The van der Waals surface area contributed by atoms with Gasteiger partial charge in [0.1, 0.15) is 17.9 Å². The molecule has 1 aliphatic rings. The molecule has 1 unspecified atom stereocenters. The van der Waals surface area contributed by atoms with Gasteiger partial charge >= 0.3 is 6.09 Å². The number of likely N-dealkylation sites (N-methyl/N-ethyl adjacent to an activating group) is 1. The third-order valence-electron chi connectivity index (χ3n) is 5.67. The second-order valence-corrected chi connectivity index (χ2v) is 9.67. The maximum absolute atomic E-state index is 13.2. The third kappa shape index (κ3) is 7.61.